The summed E-state index contributed by atoms with van der Waals surface area (Å²) in [7, 11) is 0. The normalized spacial score (nSPS) is 31.2. The molecule has 148 valence electrons. The lowest BCUT2D eigenvalue weighted by Crippen LogP contribution is -2.60. The number of fused-ring (bicyclic) bond motifs is 2. The largest absolute Gasteiger partial charge is 0.337 e. The number of aromatic nitrogens is 2. The number of rotatable bonds is 5. The number of hydrogen-bond acceptors (Lipinski definition) is 3. The van der Waals surface area contributed by atoms with Gasteiger partial charge in [-0.2, -0.15) is 5.10 Å². The predicted molar refractivity (Wildman–Crippen MR) is 104 cm³/mol. The van der Waals surface area contributed by atoms with Crippen LogP contribution in [0.2, 0.25) is 0 Å². The number of halogens is 1. The minimum Gasteiger partial charge on any atom is -0.337 e. The lowest BCUT2D eigenvalue weighted by atomic mass is 9.75. The Balaban J connectivity index is 1.34. The molecule has 1 aromatic carbocycles. The molecule has 4 fully saturated rings. The molecule has 0 N–H and O–H groups in total. The predicted octanol–water partition coefficient (Wildman–Crippen LogP) is 2.89. The van der Waals surface area contributed by atoms with E-state index in [2.05, 4.69) is 14.9 Å². The van der Waals surface area contributed by atoms with E-state index in [-0.39, 0.29) is 17.6 Å². The fourth-order valence-corrected chi connectivity index (χ4v) is 5.68. The molecule has 5 heterocycles. The first-order valence-corrected chi connectivity index (χ1v) is 10.5. The van der Waals surface area contributed by atoms with E-state index in [1.54, 1.807) is 18.3 Å². The van der Waals surface area contributed by atoms with Gasteiger partial charge in [0.25, 0.3) is 0 Å². The van der Waals surface area contributed by atoms with Crippen molar-refractivity contribution in [3.8, 4) is 0 Å². The standard InChI is InChI=1S/C22H27FN4O/c23-18-6-4-16(5-7-18)19-15-27(20(28)3-1-11-26-12-2-10-24-26)21-17-8-13-25(14-9-17)22(19)21/h2,4-7,10,12,17,19,21-22H,1,3,8-9,11,13-15H2/t19-,21+,22+/m1/s1. The molecule has 2 bridgehead atoms. The molecule has 4 saturated heterocycles. The molecule has 0 spiro atoms. The molecule has 0 unspecified atom stereocenters. The summed E-state index contributed by atoms with van der Waals surface area (Å²) in [6.07, 6.45) is 7.46. The molecule has 4 aliphatic rings. The number of carbonyl (C=O) groups is 1. The Morgan fingerprint density at radius 3 is 2.64 bits per heavy atom. The van der Waals surface area contributed by atoms with Crippen molar-refractivity contribution in [3.63, 3.8) is 0 Å². The van der Waals surface area contributed by atoms with Crippen LogP contribution in [0.25, 0.3) is 0 Å². The van der Waals surface area contributed by atoms with Gasteiger partial charge < -0.3 is 4.90 Å². The maximum absolute atomic E-state index is 13.4. The highest BCUT2D eigenvalue weighted by atomic mass is 19.1. The molecule has 0 aliphatic carbocycles. The Labute approximate surface area is 165 Å². The van der Waals surface area contributed by atoms with Crippen LogP contribution in [0.1, 0.15) is 37.2 Å². The van der Waals surface area contributed by atoms with Crippen molar-refractivity contribution in [1.82, 2.24) is 19.6 Å². The Morgan fingerprint density at radius 2 is 1.93 bits per heavy atom. The van der Waals surface area contributed by atoms with Crippen molar-refractivity contribution in [2.24, 2.45) is 5.92 Å². The summed E-state index contributed by atoms with van der Waals surface area (Å²) in [5, 5.41) is 4.22. The average Bonchev–Trinajstić information content (AvgIpc) is 3.38. The number of nitrogens with zero attached hydrogens (tertiary/aromatic N) is 4. The molecule has 0 radical (unpaired) electrons. The minimum absolute atomic E-state index is 0.199. The van der Waals surface area contributed by atoms with E-state index >= 15 is 0 Å². The zero-order valence-electron chi connectivity index (χ0n) is 16.1. The van der Waals surface area contributed by atoms with Crippen molar-refractivity contribution in [3.05, 3.63) is 54.1 Å². The number of carbonyl (C=O) groups excluding carboxylic acids is 1. The van der Waals surface area contributed by atoms with Crippen LogP contribution in [-0.4, -0.2) is 57.2 Å². The van der Waals surface area contributed by atoms with E-state index in [1.165, 1.54) is 12.8 Å². The first kappa shape index (κ1) is 17.9. The number of amides is 1. The maximum Gasteiger partial charge on any atom is 0.222 e. The Kier molecular flexibility index (Phi) is 4.67. The SMILES string of the molecule is O=C(CCCn1cccn1)N1C[C@H](c2ccc(F)cc2)[C@H]2[C@@H]1C1CCN2CC1. The molecular formula is C22H27FN4O. The summed E-state index contributed by atoms with van der Waals surface area (Å²) in [5.74, 6) is 0.954. The monoisotopic (exact) mass is 382 g/mol. The van der Waals surface area contributed by atoms with E-state index in [4.69, 9.17) is 0 Å². The maximum atomic E-state index is 13.4. The third-order valence-corrected chi connectivity index (χ3v) is 6.95. The number of likely N-dealkylation sites (tertiary alicyclic amines) is 1. The summed E-state index contributed by atoms with van der Waals surface area (Å²) in [6.45, 7) is 3.79. The highest BCUT2D eigenvalue weighted by Gasteiger charge is 2.54. The summed E-state index contributed by atoms with van der Waals surface area (Å²) in [5.41, 5.74) is 1.16. The van der Waals surface area contributed by atoms with E-state index in [9.17, 15) is 9.18 Å². The first-order chi connectivity index (χ1) is 13.7. The molecule has 3 atom stereocenters. The third kappa shape index (κ3) is 3.13. The lowest BCUT2D eigenvalue weighted by molar-refractivity contribution is -0.136. The van der Waals surface area contributed by atoms with Gasteiger partial charge in [-0.15, -0.1) is 0 Å². The van der Waals surface area contributed by atoms with Crippen LogP contribution in [0.3, 0.4) is 0 Å². The third-order valence-electron chi connectivity index (χ3n) is 6.95. The highest BCUT2D eigenvalue weighted by molar-refractivity contribution is 5.77. The van der Waals surface area contributed by atoms with Crippen molar-refractivity contribution in [2.75, 3.05) is 19.6 Å². The zero-order valence-corrected chi connectivity index (χ0v) is 16.1. The van der Waals surface area contributed by atoms with Gasteiger partial charge in [-0.25, -0.2) is 4.39 Å². The average molecular weight is 382 g/mol. The lowest BCUT2D eigenvalue weighted by Gasteiger charge is -2.51. The van der Waals surface area contributed by atoms with Crippen LogP contribution in [0.4, 0.5) is 4.39 Å². The molecular weight excluding hydrogens is 355 g/mol. The minimum atomic E-state index is -0.199. The molecule has 1 amide bonds. The van der Waals surface area contributed by atoms with E-state index in [0.29, 0.717) is 24.4 Å². The number of aryl methyl sites for hydroxylation is 1. The van der Waals surface area contributed by atoms with Gasteiger partial charge in [-0.05, 0) is 62.0 Å². The Morgan fingerprint density at radius 1 is 1.14 bits per heavy atom. The smallest absolute Gasteiger partial charge is 0.222 e. The van der Waals surface area contributed by atoms with Gasteiger partial charge in [-0.3, -0.25) is 14.4 Å². The highest BCUT2D eigenvalue weighted by Crippen LogP contribution is 2.46. The second-order valence-electron chi connectivity index (χ2n) is 8.43. The van der Waals surface area contributed by atoms with Crippen molar-refractivity contribution in [2.45, 2.75) is 50.2 Å². The Bertz CT molecular complexity index is 814. The quantitative estimate of drug-likeness (QED) is 0.799. The van der Waals surface area contributed by atoms with Gasteiger partial charge in [0.15, 0.2) is 0 Å². The van der Waals surface area contributed by atoms with Crippen molar-refractivity contribution < 1.29 is 9.18 Å². The second-order valence-corrected chi connectivity index (χ2v) is 8.43. The summed E-state index contributed by atoms with van der Waals surface area (Å²) < 4.78 is 15.3. The van der Waals surface area contributed by atoms with Crippen LogP contribution in [0, 0.1) is 11.7 Å². The van der Waals surface area contributed by atoms with E-state index in [0.717, 1.165) is 38.2 Å². The molecule has 4 aliphatic heterocycles. The topological polar surface area (TPSA) is 41.4 Å². The molecule has 5 nitrogen and oxygen atoms in total. The molecule has 6 heteroatoms. The molecule has 6 rings (SSSR count). The van der Waals surface area contributed by atoms with Crippen molar-refractivity contribution in [1.29, 1.82) is 0 Å². The summed E-state index contributed by atoms with van der Waals surface area (Å²) in [4.78, 5) is 17.9. The first-order valence-electron chi connectivity index (χ1n) is 10.5. The van der Waals surface area contributed by atoms with Gasteiger partial charge in [0, 0.05) is 43.9 Å². The number of hydrogen-bond donors (Lipinski definition) is 0. The van der Waals surface area contributed by atoms with Crippen LogP contribution >= 0.6 is 0 Å². The molecule has 2 aromatic rings. The van der Waals surface area contributed by atoms with Crippen LogP contribution in [-0.2, 0) is 11.3 Å². The fourth-order valence-electron chi connectivity index (χ4n) is 5.68. The number of benzene rings is 1. The van der Waals surface area contributed by atoms with E-state index in [1.807, 2.05) is 29.1 Å². The fraction of sp³-hybridized carbons (Fsp3) is 0.545. The van der Waals surface area contributed by atoms with Gasteiger partial charge >= 0.3 is 0 Å². The van der Waals surface area contributed by atoms with E-state index < -0.39 is 0 Å². The van der Waals surface area contributed by atoms with Gasteiger partial charge in [0.2, 0.25) is 5.91 Å². The molecule has 1 aromatic heterocycles. The van der Waals surface area contributed by atoms with Crippen LogP contribution < -0.4 is 0 Å². The second kappa shape index (κ2) is 7.32. The summed E-state index contributed by atoms with van der Waals surface area (Å²) >= 11 is 0. The zero-order chi connectivity index (χ0) is 19.1. The van der Waals surface area contributed by atoms with Crippen LogP contribution in [0.5, 0.6) is 0 Å². The number of piperidine rings is 3. The molecule has 0 saturated carbocycles. The van der Waals surface area contributed by atoms with Gasteiger partial charge in [0.05, 0.1) is 6.04 Å². The van der Waals surface area contributed by atoms with Crippen molar-refractivity contribution >= 4 is 5.91 Å². The Hall–Kier alpha value is -2.21. The van der Waals surface area contributed by atoms with Gasteiger partial charge in [0.1, 0.15) is 5.82 Å². The summed E-state index contributed by atoms with van der Waals surface area (Å²) in [6, 6.07) is 9.53. The van der Waals surface area contributed by atoms with Gasteiger partial charge in [-0.1, -0.05) is 12.1 Å². The molecule has 28 heavy (non-hydrogen) atoms. The van der Waals surface area contributed by atoms with Crippen LogP contribution in [0.15, 0.2) is 42.7 Å².